The molecule has 0 spiro atoms. The predicted octanol–water partition coefficient (Wildman–Crippen LogP) is 3.47. The summed E-state index contributed by atoms with van der Waals surface area (Å²) in [6, 6.07) is 3.81. The molecule has 21 heavy (non-hydrogen) atoms. The molecule has 2 aromatic heterocycles. The van der Waals surface area contributed by atoms with Crippen LogP contribution in [-0.2, 0) is 6.42 Å². The van der Waals surface area contributed by atoms with Gasteiger partial charge in [0.1, 0.15) is 11.3 Å². The normalized spacial score (nSPS) is 10.6. The number of hydrogen-bond acceptors (Lipinski definition) is 2. The highest BCUT2D eigenvalue weighted by Gasteiger charge is 2.22. The van der Waals surface area contributed by atoms with Crippen LogP contribution in [0, 0.1) is 0 Å². The molecule has 0 aliphatic heterocycles. The SMILES string of the molecule is C=CCN(CC=C)C(=O)c1c(CC)nc2ccc(Br)cn12. The fraction of sp³-hybridized carbons (Fsp3) is 0.250. The molecule has 0 atom stereocenters. The highest BCUT2D eigenvalue weighted by molar-refractivity contribution is 9.10. The lowest BCUT2D eigenvalue weighted by Gasteiger charge is -2.19. The Morgan fingerprint density at radius 3 is 2.62 bits per heavy atom. The number of carbonyl (C=O) groups excluding carboxylic acids is 1. The molecule has 0 unspecified atom stereocenters. The van der Waals surface area contributed by atoms with Crippen molar-refractivity contribution in [2.75, 3.05) is 13.1 Å². The summed E-state index contributed by atoms with van der Waals surface area (Å²) >= 11 is 3.44. The van der Waals surface area contributed by atoms with E-state index in [4.69, 9.17) is 0 Å². The quantitative estimate of drug-likeness (QED) is 0.750. The van der Waals surface area contributed by atoms with Gasteiger partial charge in [0.25, 0.3) is 5.91 Å². The average Bonchev–Trinajstić information content (AvgIpc) is 2.84. The Labute approximate surface area is 132 Å². The van der Waals surface area contributed by atoms with Crippen molar-refractivity contribution in [1.82, 2.24) is 14.3 Å². The van der Waals surface area contributed by atoms with E-state index in [0.717, 1.165) is 15.8 Å². The third-order valence-corrected chi connectivity index (χ3v) is 3.65. The second-order valence-electron chi connectivity index (χ2n) is 4.62. The standard InChI is InChI=1S/C16H18BrN3O/c1-4-9-19(10-5-2)16(21)15-13(6-3)18-14-8-7-12(17)11-20(14)15/h4-5,7-8,11H,1-2,6,9-10H2,3H3. The van der Waals surface area contributed by atoms with Crippen molar-refractivity contribution in [3.63, 3.8) is 0 Å². The lowest BCUT2D eigenvalue weighted by atomic mass is 10.2. The van der Waals surface area contributed by atoms with Crippen LogP contribution in [0.3, 0.4) is 0 Å². The Hall–Kier alpha value is -1.88. The molecule has 1 amide bonds. The second kappa shape index (κ2) is 6.72. The van der Waals surface area contributed by atoms with Crippen LogP contribution in [0.2, 0.25) is 0 Å². The molecule has 0 radical (unpaired) electrons. The van der Waals surface area contributed by atoms with Gasteiger partial charge in [-0.05, 0) is 34.5 Å². The van der Waals surface area contributed by atoms with Gasteiger partial charge in [-0.2, -0.15) is 0 Å². The van der Waals surface area contributed by atoms with Gasteiger partial charge in [-0.1, -0.05) is 19.1 Å². The molecule has 2 aromatic rings. The first-order valence-corrected chi connectivity index (χ1v) is 7.59. The fourth-order valence-corrected chi connectivity index (χ4v) is 2.58. The smallest absolute Gasteiger partial charge is 0.273 e. The van der Waals surface area contributed by atoms with E-state index in [9.17, 15) is 4.79 Å². The molecule has 0 saturated carbocycles. The Kier molecular flexibility index (Phi) is 4.96. The van der Waals surface area contributed by atoms with Crippen LogP contribution in [0.5, 0.6) is 0 Å². The molecule has 0 fully saturated rings. The summed E-state index contributed by atoms with van der Waals surface area (Å²) < 4.78 is 2.74. The van der Waals surface area contributed by atoms with Crippen molar-refractivity contribution in [3.8, 4) is 0 Å². The third-order valence-electron chi connectivity index (χ3n) is 3.18. The number of nitrogens with zero attached hydrogens (tertiary/aromatic N) is 3. The van der Waals surface area contributed by atoms with Crippen LogP contribution in [0.1, 0.15) is 23.1 Å². The molecular weight excluding hydrogens is 330 g/mol. The van der Waals surface area contributed by atoms with Crippen LogP contribution >= 0.6 is 15.9 Å². The molecule has 2 heterocycles. The summed E-state index contributed by atoms with van der Waals surface area (Å²) in [5.74, 6) is -0.0581. The molecule has 2 rings (SSSR count). The van der Waals surface area contributed by atoms with E-state index in [1.165, 1.54) is 0 Å². The van der Waals surface area contributed by atoms with Gasteiger partial charge in [0.05, 0.1) is 5.69 Å². The van der Waals surface area contributed by atoms with Crippen molar-refractivity contribution >= 4 is 27.5 Å². The number of halogens is 1. The summed E-state index contributed by atoms with van der Waals surface area (Å²) in [6.45, 7) is 10.4. The molecule has 0 aromatic carbocycles. The van der Waals surface area contributed by atoms with E-state index < -0.39 is 0 Å². The zero-order valence-corrected chi connectivity index (χ0v) is 13.6. The van der Waals surface area contributed by atoms with Crippen molar-refractivity contribution in [3.05, 3.63) is 59.5 Å². The number of imidazole rings is 1. The number of amides is 1. The minimum absolute atomic E-state index is 0.0581. The third kappa shape index (κ3) is 3.08. The van der Waals surface area contributed by atoms with Gasteiger partial charge in [-0.3, -0.25) is 9.20 Å². The van der Waals surface area contributed by atoms with E-state index in [1.54, 1.807) is 17.1 Å². The zero-order valence-electron chi connectivity index (χ0n) is 12.1. The van der Waals surface area contributed by atoms with Crippen LogP contribution in [0.15, 0.2) is 48.1 Å². The van der Waals surface area contributed by atoms with Crippen LogP contribution in [0.4, 0.5) is 0 Å². The maximum absolute atomic E-state index is 12.8. The Bertz CT molecular complexity index is 680. The minimum Gasteiger partial charge on any atom is -0.330 e. The minimum atomic E-state index is -0.0581. The molecule has 0 N–H and O–H groups in total. The lowest BCUT2D eigenvalue weighted by molar-refractivity contribution is 0.0783. The van der Waals surface area contributed by atoms with Gasteiger partial charge in [0.2, 0.25) is 0 Å². The number of aromatic nitrogens is 2. The molecule has 4 nitrogen and oxygen atoms in total. The maximum Gasteiger partial charge on any atom is 0.273 e. The Morgan fingerprint density at radius 1 is 1.38 bits per heavy atom. The molecule has 0 aliphatic carbocycles. The Morgan fingerprint density at radius 2 is 2.05 bits per heavy atom. The first-order chi connectivity index (χ1) is 10.1. The van der Waals surface area contributed by atoms with Crippen molar-refractivity contribution in [2.45, 2.75) is 13.3 Å². The molecule has 5 heteroatoms. The average molecular weight is 348 g/mol. The van der Waals surface area contributed by atoms with E-state index in [2.05, 4.69) is 34.1 Å². The van der Waals surface area contributed by atoms with Gasteiger partial charge in [-0.15, -0.1) is 13.2 Å². The van der Waals surface area contributed by atoms with E-state index >= 15 is 0 Å². The zero-order chi connectivity index (χ0) is 15.4. The van der Waals surface area contributed by atoms with Crippen molar-refractivity contribution in [1.29, 1.82) is 0 Å². The monoisotopic (exact) mass is 347 g/mol. The highest BCUT2D eigenvalue weighted by atomic mass is 79.9. The van der Waals surface area contributed by atoms with Gasteiger partial charge in [-0.25, -0.2) is 4.98 Å². The molecule has 0 bridgehead atoms. The molecule has 0 aliphatic rings. The van der Waals surface area contributed by atoms with Gasteiger partial charge in [0.15, 0.2) is 0 Å². The first-order valence-electron chi connectivity index (χ1n) is 6.79. The number of fused-ring (bicyclic) bond motifs is 1. The van der Waals surface area contributed by atoms with Crippen LogP contribution < -0.4 is 0 Å². The highest BCUT2D eigenvalue weighted by Crippen LogP contribution is 2.19. The molecule has 110 valence electrons. The van der Waals surface area contributed by atoms with Gasteiger partial charge < -0.3 is 4.90 Å². The number of pyridine rings is 1. The number of hydrogen-bond donors (Lipinski definition) is 0. The summed E-state index contributed by atoms with van der Waals surface area (Å²) in [5, 5.41) is 0. The summed E-state index contributed by atoms with van der Waals surface area (Å²) in [7, 11) is 0. The number of rotatable bonds is 6. The largest absolute Gasteiger partial charge is 0.330 e. The topological polar surface area (TPSA) is 37.6 Å². The molecular formula is C16H18BrN3O. The number of carbonyl (C=O) groups is 1. The summed E-state index contributed by atoms with van der Waals surface area (Å²) in [5.41, 5.74) is 2.18. The predicted molar refractivity (Wildman–Crippen MR) is 88.6 cm³/mol. The van der Waals surface area contributed by atoms with Crippen LogP contribution in [-0.4, -0.2) is 33.3 Å². The summed E-state index contributed by atoms with van der Waals surface area (Å²) in [4.78, 5) is 19.1. The Balaban J connectivity index is 2.56. The van der Waals surface area contributed by atoms with Gasteiger partial charge >= 0.3 is 0 Å². The van der Waals surface area contributed by atoms with Crippen LogP contribution in [0.25, 0.3) is 5.65 Å². The van der Waals surface area contributed by atoms with Crippen molar-refractivity contribution < 1.29 is 4.79 Å². The maximum atomic E-state index is 12.8. The van der Waals surface area contributed by atoms with E-state index in [1.807, 2.05) is 29.7 Å². The molecule has 0 saturated heterocycles. The number of aryl methyl sites for hydroxylation is 1. The second-order valence-corrected chi connectivity index (χ2v) is 5.54. The van der Waals surface area contributed by atoms with Gasteiger partial charge in [0, 0.05) is 23.8 Å². The fourth-order valence-electron chi connectivity index (χ4n) is 2.24. The summed E-state index contributed by atoms with van der Waals surface area (Å²) in [6.07, 6.45) is 6.00. The first kappa shape index (κ1) is 15.5. The lowest BCUT2D eigenvalue weighted by Crippen LogP contribution is -2.32. The van der Waals surface area contributed by atoms with E-state index in [0.29, 0.717) is 25.2 Å². The van der Waals surface area contributed by atoms with E-state index in [-0.39, 0.29) is 5.91 Å². The van der Waals surface area contributed by atoms with Crippen molar-refractivity contribution in [2.24, 2.45) is 0 Å².